The maximum atomic E-state index is 5.61. The molecule has 1 aromatic carbocycles. The van der Waals surface area contributed by atoms with Crippen molar-refractivity contribution in [2.24, 2.45) is 5.73 Å². The van der Waals surface area contributed by atoms with Crippen molar-refractivity contribution >= 4 is 15.9 Å². The van der Waals surface area contributed by atoms with Gasteiger partial charge in [0.05, 0.1) is 18.9 Å². The van der Waals surface area contributed by atoms with Crippen molar-refractivity contribution < 1.29 is 4.74 Å². The van der Waals surface area contributed by atoms with Crippen LogP contribution in [-0.4, -0.2) is 4.98 Å². The summed E-state index contributed by atoms with van der Waals surface area (Å²) in [6, 6.07) is 12.0. The first kappa shape index (κ1) is 13.2. The molecule has 0 aliphatic carbocycles. The number of nitrogens with two attached hydrogens (primary N) is 1. The Balaban J connectivity index is 1.82. The van der Waals surface area contributed by atoms with Gasteiger partial charge in [0.15, 0.2) is 0 Å². The summed E-state index contributed by atoms with van der Waals surface area (Å²) in [5.41, 5.74) is 8.62. The van der Waals surface area contributed by atoms with Crippen LogP contribution in [0.2, 0.25) is 0 Å². The second kappa shape index (κ2) is 6.64. The molecule has 2 N–H and O–H groups in total. The van der Waals surface area contributed by atoms with Gasteiger partial charge in [0, 0.05) is 17.2 Å². The van der Waals surface area contributed by atoms with Crippen LogP contribution in [-0.2, 0) is 24.5 Å². The van der Waals surface area contributed by atoms with Gasteiger partial charge in [-0.25, -0.2) is 0 Å². The number of hydrogen-bond donors (Lipinski definition) is 1. The number of hydrogen-bond acceptors (Lipinski definition) is 3. The summed E-state index contributed by atoms with van der Waals surface area (Å²) in [6.07, 6.45) is 1.79. The lowest BCUT2D eigenvalue weighted by molar-refractivity contribution is 0.104. The van der Waals surface area contributed by atoms with Crippen molar-refractivity contribution in [1.82, 2.24) is 4.98 Å². The van der Waals surface area contributed by atoms with Crippen LogP contribution in [0.5, 0.6) is 0 Å². The minimum Gasteiger partial charge on any atom is -0.370 e. The van der Waals surface area contributed by atoms with E-state index in [-0.39, 0.29) is 0 Å². The Morgan fingerprint density at radius 3 is 2.33 bits per heavy atom. The third kappa shape index (κ3) is 3.91. The van der Waals surface area contributed by atoms with Gasteiger partial charge in [-0.05, 0) is 29.3 Å². The van der Waals surface area contributed by atoms with Crippen LogP contribution < -0.4 is 5.73 Å². The highest BCUT2D eigenvalue weighted by atomic mass is 79.9. The minimum absolute atomic E-state index is 0.515. The normalized spacial score (nSPS) is 10.6. The van der Waals surface area contributed by atoms with Crippen molar-refractivity contribution in [2.75, 3.05) is 0 Å². The van der Waals surface area contributed by atoms with E-state index >= 15 is 0 Å². The molecular weight excluding hydrogens is 292 g/mol. The van der Waals surface area contributed by atoms with Gasteiger partial charge in [-0.3, -0.25) is 4.98 Å². The van der Waals surface area contributed by atoms with Gasteiger partial charge in [0.1, 0.15) is 0 Å². The van der Waals surface area contributed by atoms with Crippen LogP contribution in [0.15, 0.2) is 47.1 Å². The molecule has 0 aliphatic rings. The molecule has 0 amide bonds. The Morgan fingerprint density at radius 2 is 1.72 bits per heavy atom. The Bertz CT molecular complexity index is 482. The van der Waals surface area contributed by atoms with E-state index in [0.717, 1.165) is 21.3 Å². The summed E-state index contributed by atoms with van der Waals surface area (Å²) in [5.74, 6) is 0. The number of ether oxygens (including phenoxy) is 1. The highest BCUT2D eigenvalue weighted by Crippen LogP contribution is 2.11. The zero-order valence-corrected chi connectivity index (χ0v) is 11.6. The highest BCUT2D eigenvalue weighted by Gasteiger charge is 1.97. The molecule has 4 heteroatoms. The predicted molar refractivity (Wildman–Crippen MR) is 74.8 cm³/mol. The lowest BCUT2D eigenvalue weighted by atomic mass is 10.2. The third-order valence-electron chi connectivity index (χ3n) is 2.55. The van der Waals surface area contributed by atoms with E-state index in [1.807, 2.05) is 36.4 Å². The molecular formula is C14H15BrN2O. The molecule has 2 rings (SSSR count). The summed E-state index contributed by atoms with van der Waals surface area (Å²) < 4.78 is 6.68. The molecule has 0 atom stereocenters. The van der Waals surface area contributed by atoms with E-state index in [1.54, 1.807) is 6.20 Å². The monoisotopic (exact) mass is 306 g/mol. The number of nitrogens with zero attached hydrogens (tertiary/aromatic N) is 1. The molecule has 0 radical (unpaired) electrons. The van der Waals surface area contributed by atoms with Crippen molar-refractivity contribution in [3.05, 3.63) is 63.9 Å². The number of aromatic nitrogens is 1. The molecule has 94 valence electrons. The number of rotatable bonds is 5. The number of pyridine rings is 1. The van der Waals surface area contributed by atoms with E-state index < -0.39 is 0 Å². The van der Waals surface area contributed by atoms with Crippen LogP contribution in [0, 0.1) is 0 Å². The molecule has 0 spiro atoms. The van der Waals surface area contributed by atoms with Crippen LogP contribution in [0.25, 0.3) is 0 Å². The van der Waals surface area contributed by atoms with E-state index in [4.69, 9.17) is 10.5 Å². The zero-order valence-electron chi connectivity index (χ0n) is 9.97. The van der Waals surface area contributed by atoms with Crippen molar-refractivity contribution in [1.29, 1.82) is 0 Å². The topological polar surface area (TPSA) is 48.1 Å². The van der Waals surface area contributed by atoms with Gasteiger partial charge >= 0.3 is 0 Å². The first-order valence-electron chi connectivity index (χ1n) is 5.74. The van der Waals surface area contributed by atoms with Crippen LogP contribution >= 0.6 is 15.9 Å². The van der Waals surface area contributed by atoms with Crippen LogP contribution in [0.4, 0.5) is 0 Å². The summed E-state index contributed by atoms with van der Waals surface area (Å²) in [7, 11) is 0. The average molecular weight is 307 g/mol. The lowest BCUT2D eigenvalue weighted by Crippen LogP contribution is -2.00. The van der Waals surface area contributed by atoms with Crippen molar-refractivity contribution in [3.63, 3.8) is 0 Å². The molecule has 0 bridgehead atoms. The molecule has 0 saturated carbocycles. The average Bonchev–Trinajstić information content (AvgIpc) is 2.42. The molecule has 1 heterocycles. The quantitative estimate of drug-likeness (QED) is 0.923. The van der Waals surface area contributed by atoms with E-state index in [1.165, 1.54) is 0 Å². The molecule has 1 aromatic heterocycles. The second-order valence-corrected chi connectivity index (χ2v) is 4.90. The van der Waals surface area contributed by atoms with E-state index in [9.17, 15) is 0 Å². The molecule has 0 unspecified atom stereocenters. The van der Waals surface area contributed by atoms with Gasteiger partial charge in [-0.2, -0.15) is 0 Å². The molecule has 18 heavy (non-hydrogen) atoms. The Hall–Kier alpha value is -1.23. The molecule has 0 aliphatic heterocycles. The van der Waals surface area contributed by atoms with E-state index in [0.29, 0.717) is 19.8 Å². The smallest absolute Gasteiger partial charge is 0.0892 e. The van der Waals surface area contributed by atoms with Gasteiger partial charge in [0.25, 0.3) is 0 Å². The van der Waals surface area contributed by atoms with Gasteiger partial charge in [-0.1, -0.05) is 34.1 Å². The Morgan fingerprint density at radius 1 is 1.00 bits per heavy atom. The fourth-order valence-corrected chi connectivity index (χ4v) is 1.78. The number of benzene rings is 1. The van der Waals surface area contributed by atoms with Crippen molar-refractivity contribution in [3.8, 4) is 0 Å². The first-order chi connectivity index (χ1) is 8.78. The Kier molecular flexibility index (Phi) is 4.87. The lowest BCUT2D eigenvalue weighted by Gasteiger charge is -2.05. The van der Waals surface area contributed by atoms with Crippen molar-refractivity contribution in [2.45, 2.75) is 19.8 Å². The summed E-state index contributed by atoms with van der Waals surface area (Å²) >= 11 is 3.40. The van der Waals surface area contributed by atoms with Gasteiger partial charge < -0.3 is 10.5 Å². The maximum Gasteiger partial charge on any atom is 0.0892 e. The third-order valence-corrected chi connectivity index (χ3v) is 3.08. The largest absolute Gasteiger partial charge is 0.370 e. The van der Waals surface area contributed by atoms with Gasteiger partial charge in [0.2, 0.25) is 0 Å². The maximum absolute atomic E-state index is 5.61. The zero-order chi connectivity index (χ0) is 12.8. The van der Waals surface area contributed by atoms with Crippen LogP contribution in [0.3, 0.4) is 0 Å². The van der Waals surface area contributed by atoms with Gasteiger partial charge in [-0.15, -0.1) is 0 Å². The molecule has 3 nitrogen and oxygen atoms in total. The molecule has 2 aromatic rings. The highest BCUT2D eigenvalue weighted by molar-refractivity contribution is 9.10. The summed E-state index contributed by atoms with van der Waals surface area (Å²) in [6.45, 7) is 1.63. The SMILES string of the molecule is NCc1ccc(COCc2ccc(Br)cc2)nc1. The number of halogens is 1. The fraction of sp³-hybridized carbons (Fsp3) is 0.214. The Labute approximate surface area is 115 Å². The summed E-state index contributed by atoms with van der Waals surface area (Å²) in [5, 5.41) is 0. The second-order valence-electron chi connectivity index (χ2n) is 3.98. The molecule has 0 fully saturated rings. The predicted octanol–water partition coefficient (Wildman–Crippen LogP) is 3.02. The fourth-order valence-electron chi connectivity index (χ4n) is 1.52. The summed E-state index contributed by atoms with van der Waals surface area (Å²) in [4.78, 5) is 4.28. The van der Waals surface area contributed by atoms with E-state index in [2.05, 4.69) is 20.9 Å². The standard InChI is InChI=1S/C14H15BrN2O/c15-13-4-1-11(2-5-13)9-18-10-14-6-3-12(7-16)8-17-14/h1-6,8H,7,9-10,16H2. The minimum atomic E-state index is 0.515. The first-order valence-corrected chi connectivity index (χ1v) is 6.53. The molecule has 0 saturated heterocycles. The van der Waals surface area contributed by atoms with Crippen LogP contribution in [0.1, 0.15) is 16.8 Å².